The van der Waals surface area contributed by atoms with Crippen LogP contribution < -0.4 is 0 Å². The lowest BCUT2D eigenvalue weighted by molar-refractivity contribution is -0.138. The van der Waals surface area contributed by atoms with Crippen LogP contribution in [0.5, 0.6) is 0 Å². The molecule has 0 aliphatic carbocycles. The Morgan fingerprint density at radius 2 is 2.10 bits per heavy atom. The maximum atomic E-state index is 12.8. The number of nitrogens with zero attached hydrogens (tertiary/aromatic N) is 1. The number of carboxylic acid groups (broad SMARTS) is 1. The van der Waals surface area contributed by atoms with Crippen molar-refractivity contribution in [3.63, 3.8) is 0 Å². The Hall–Kier alpha value is -1.89. The van der Waals surface area contributed by atoms with E-state index in [1.807, 2.05) is 18.2 Å². The second kappa shape index (κ2) is 8.69. The van der Waals surface area contributed by atoms with Crippen molar-refractivity contribution >= 4 is 23.5 Å². The Labute approximate surface area is 182 Å². The maximum absolute atomic E-state index is 12.8. The van der Waals surface area contributed by atoms with E-state index in [0.29, 0.717) is 5.02 Å². The van der Waals surface area contributed by atoms with Crippen LogP contribution >= 0.6 is 11.6 Å². The number of benzene rings is 1. The number of aliphatic hydroxyl groups excluding tert-OH is 1. The van der Waals surface area contributed by atoms with Crippen molar-refractivity contribution in [1.29, 1.82) is 0 Å². The first-order valence-electron chi connectivity index (χ1n) is 10.3. The summed E-state index contributed by atoms with van der Waals surface area (Å²) in [6.07, 6.45) is 3.05. The van der Waals surface area contributed by atoms with E-state index in [-0.39, 0.29) is 43.9 Å². The predicted octanol–water partition coefficient (Wildman–Crippen LogP) is 3.54. The van der Waals surface area contributed by atoms with Gasteiger partial charge in [0.25, 0.3) is 0 Å². The first-order valence-corrected chi connectivity index (χ1v) is 10.7. The topological polar surface area (TPSA) is 87.1 Å². The van der Waals surface area contributed by atoms with E-state index >= 15 is 0 Å². The van der Waals surface area contributed by atoms with Crippen LogP contribution in [0.1, 0.15) is 51.2 Å². The Morgan fingerprint density at radius 1 is 1.37 bits per heavy atom. The van der Waals surface area contributed by atoms with Crippen LogP contribution in [0.2, 0.25) is 5.02 Å². The van der Waals surface area contributed by atoms with Crippen molar-refractivity contribution in [2.24, 2.45) is 5.41 Å². The summed E-state index contributed by atoms with van der Waals surface area (Å²) < 4.78 is 5.83. The number of aryl methyl sites for hydroxylation is 1. The summed E-state index contributed by atoms with van der Waals surface area (Å²) in [4.78, 5) is 25.2. The fraction of sp³-hybridized carbons (Fsp3) is 0.565. The molecule has 0 aromatic heterocycles. The molecule has 0 bridgehead atoms. The van der Waals surface area contributed by atoms with Crippen LogP contribution in [0.25, 0.3) is 0 Å². The molecule has 3 rings (SSSR count). The van der Waals surface area contributed by atoms with Gasteiger partial charge in [-0.2, -0.15) is 0 Å². The van der Waals surface area contributed by atoms with Crippen LogP contribution in [0.4, 0.5) is 0 Å². The summed E-state index contributed by atoms with van der Waals surface area (Å²) in [5.74, 6) is -1.12. The first kappa shape index (κ1) is 22.8. The molecular formula is C23H30ClNO5. The number of carbonyl (C=O) groups excluding carboxylic acids is 1. The zero-order chi connectivity index (χ0) is 22.1. The van der Waals surface area contributed by atoms with Gasteiger partial charge in [0.15, 0.2) is 0 Å². The molecule has 2 heterocycles. The largest absolute Gasteiger partial charge is 0.481 e. The molecule has 7 heteroatoms. The van der Waals surface area contributed by atoms with Gasteiger partial charge in [-0.3, -0.25) is 9.59 Å². The van der Waals surface area contributed by atoms with Gasteiger partial charge in [-0.1, -0.05) is 44.5 Å². The zero-order valence-electron chi connectivity index (χ0n) is 17.8. The molecule has 2 N–H and O–H groups in total. The molecule has 0 spiro atoms. The van der Waals surface area contributed by atoms with Crippen molar-refractivity contribution in [3.8, 4) is 0 Å². The van der Waals surface area contributed by atoms with E-state index in [0.717, 1.165) is 29.5 Å². The highest BCUT2D eigenvalue weighted by Gasteiger charge is 2.51. The predicted molar refractivity (Wildman–Crippen MR) is 114 cm³/mol. The maximum Gasteiger partial charge on any atom is 0.305 e. The van der Waals surface area contributed by atoms with Gasteiger partial charge in [-0.15, -0.1) is 0 Å². The Kier molecular flexibility index (Phi) is 6.60. The van der Waals surface area contributed by atoms with Gasteiger partial charge in [-0.25, -0.2) is 0 Å². The van der Waals surface area contributed by atoms with E-state index in [4.69, 9.17) is 21.4 Å². The third-order valence-corrected chi connectivity index (χ3v) is 6.33. The van der Waals surface area contributed by atoms with Gasteiger partial charge < -0.3 is 19.8 Å². The number of hydrogen-bond acceptors (Lipinski definition) is 4. The third kappa shape index (κ3) is 4.71. The standard InChI is InChI=1S/C23H30ClNO5/c1-22(2,3)8-6-15-4-5-16(10-18(15)24)23-11-20(27)25(9-7-21(28)29)12-17(23)19(13-26)30-14-23/h4-5,10,12,19,26H,6-9,11,13-14H2,1-3H3,(H,28,29)/t19?,23-/m1/s1. The Morgan fingerprint density at radius 3 is 2.70 bits per heavy atom. The summed E-state index contributed by atoms with van der Waals surface area (Å²) in [7, 11) is 0. The van der Waals surface area contributed by atoms with Crippen molar-refractivity contribution in [3.05, 3.63) is 46.1 Å². The number of carbonyl (C=O) groups is 2. The van der Waals surface area contributed by atoms with Crippen LogP contribution in [0.15, 0.2) is 30.0 Å². The smallest absolute Gasteiger partial charge is 0.305 e. The third-order valence-electron chi connectivity index (χ3n) is 5.98. The van der Waals surface area contributed by atoms with E-state index in [9.17, 15) is 14.7 Å². The second-order valence-electron chi connectivity index (χ2n) is 9.42. The van der Waals surface area contributed by atoms with Crippen LogP contribution in [-0.4, -0.2) is 52.9 Å². The molecule has 30 heavy (non-hydrogen) atoms. The molecule has 1 saturated heterocycles. The molecule has 1 fully saturated rings. The lowest BCUT2D eigenvalue weighted by Gasteiger charge is -2.37. The van der Waals surface area contributed by atoms with Gasteiger partial charge in [0.05, 0.1) is 25.0 Å². The molecular weight excluding hydrogens is 406 g/mol. The van der Waals surface area contributed by atoms with E-state index in [1.54, 1.807) is 6.20 Å². The number of aliphatic hydroxyl groups is 1. The molecule has 1 unspecified atom stereocenters. The van der Waals surface area contributed by atoms with E-state index < -0.39 is 17.5 Å². The fourth-order valence-corrected chi connectivity index (χ4v) is 4.42. The number of ether oxygens (including phenoxy) is 1. The van der Waals surface area contributed by atoms with Crippen LogP contribution in [-0.2, 0) is 26.2 Å². The second-order valence-corrected chi connectivity index (χ2v) is 9.83. The fourth-order valence-electron chi connectivity index (χ4n) is 4.15. The SMILES string of the molecule is CC(C)(C)CCc1ccc([C@@]23COC(CO)C2=CN(CCC(=O)O)C(=O)C3)cc1Cl. The summed E-state index contributed by atoms with van der Waals surface area (Å²) in [5, 5.41) is 19.4. The van der Waals surface area contributed by atoms with Gasteiger partial charge in [0.2, 0.25) is 5.91 Å². The van der Waals surface area contributed by atoms with Gasteiger partial charge in [0, 0.05) is 24.2 Å². The summed E-state index contributed by atoms with van der Waals surface area (Å²) in [6, 6.07) is 5.93. The van der Waals surface area contributed by atoms with Gasteiger partial charge in [0.1, 0.15) is 6.10 Å². The van der Waals surface area contributed by atoms with Crippen LogP contribution in [0.3, 0.4) is 0 Å². The van der Waals surface area contributed by atoms with Crippen molar-refractivity contribution in [1.82, 2.24) is 4.90 Å². The number of hydrogen-bond donors (Lipinski definition) is 2. The Balaban J connectivity index is 1.93. The normalized spacial score (nSPS) is 24.0. The summed E-state index contributed by atoms with van der Waals surface area (Å²) >= 11 is 6.61. The molecule has 1 aromatic rings. The molecule has 164 valence electrons. The van der Waals surface area contributed by atoms with Gasteiger partial charge in [-0.05, 0) is 41.0 Å². The number of aliphatic carboxylic acids is 1. The molecule has 2 aliphatic rings. The number of amides is 1. The van der Waals surface area contributed by atoms with E-state index in [2.05, 4.69) is 20.8 Å². The van der Waals surface area contributed by atoms with Gasteiger partial charge >= 0.3 is 5.97 Å². The average Bonchev–Trinajstić information content (AvgIpc) is 3.02. The highest BCUT2D eigenvalue weighted by atomic mass is 35.5. The lowest BCUT2D eigenvalue weighted by Crippen LogP contribution is -2.44. The minimum Gasteiger partial charge on any atom is -0.481 e. The minimum atomic E-state index is -0.961. The van der Waals surface area contributed by atoms with E-state index in [1.165, 1.54) is 4.90 Å². The highest BCUT2D eigenvalue weighted by molar-refractivity contribution is 6.31. The molecule has 1 aromatic carbocycles. The molecule has 1 amide bonds. The summed E-state index contributed by atoms with van der Waals surface area (Å²) in [5.41, 5.74) is 2.28. The molecule has 0 saturated carbocycles. The van der Waals surface area contributed by atoms with Crippen LogP contribution in [0, 0.1) is 5.41 Å². The van der Waals surface area contributed by atoms with Crippen molar-refractivity contribution < 1.29 is 24.5 Å². The molecule has 0 radical (unpaired) electrons. The first-order chi connectivity index (χ1) is 14.1. The number of carboxylic acids is 1. The number of halogens is 1. The average molecular weight is 436 g/mol. The van der Waals surface area contributed by atoms with Crippen molar-refractivity contribution in [2.45, 2.75) is 58.0 Å². The number of fused-ring (bicyclic) bond motifs is 1. The number of rotatable bonds is 7. The van der Waals surface area contributed by atoms with Crippen molar-refractivity contribution in [2.75, 3.05) is 19.8 Å². The lowest BCUT2D eigenvalue weighted by atomic mass is 9.70. The molecule has 2 atom stereocenters. The highest BCUT2D eigenvalue weighted by Crippen LogP contribution is 2.47. The minimum absolute atomic E-state index is 0.0956. The monoisotopic (exact) mass is 435 g/mol. The molecule has 2 aliphatic heterocycles. The quantitative estimate of drug-likeness (QED) is 0.684. The Bertz CT molecular complexity index is 860. The summed E-state index contributed by atoms with van der Waals surface area (Å²) in [6.45, 7) is 6.75. The molecule has 6 nitrogen and oxygen atoms in total. The zero-order valence-corrected chi connectivity index (χ0v) is 18.5.